The lowest BCUT2D eigenvalue weighted by Crippen LogP contribution is -2.51. The molecule has 2 aromatic carbocycles. The highest BCUT2D eigenvalue weighted by Gasteiger charge is 2.33. The fourth-order valence-electron chi connectivity index (χ4n) is 6.82. The van der Waals surface area contributed by atoms with E-state index in [9.17, 15) is 28.8 Å². The Hall–Kier alpha value is -5.58. The number of unbranched alkanes of at least 4 members (excludes halogenated alkanes) is 1. The zero-order chi connectivity index (χ0) is 40.1. The number of benzene rings is 2. The van der Waals surface area contributed by atoms with Gasteiger partial charge in [-0.1, -0.05) is 35.9 Å². The molecule has 2 aromatic heterocycles. The van der Waals surface area contributed by atoms with Crippen LogP contribution >= 0.6 is 22.9 Å². The molecule has 2 atom stereocenters. The molecule has 2 aliphatic heterocycles. The number of likely N-dealkylation sites (N-methyl/N-ethyl adjacent to an activating group) is 1. The molecule has 4 aromatic rings. The molecule has 0 bridgehead atoms. The number of hydrogen-bond donors (Lipinski definition) is 4. The van der Waals surface area contributed by atoms with Gasteiger partial charge < -0.3 is 5.32 Å². The van der Waals surface area contributed by atoms with Gasteiger partial charge in [0, 0.05) is 63.6 Å². The number of aliphatic imine (C=N–C) groups is 1. The van der Waals surface area contributed by atoms with Crippen LogP contribution in [0.1, 0.15) is 100 Å². The van der Waals surface area contributed by atoms with Crippen LogP contribution < -0.4 is 21.5 Å². The molecule has 6 rings (SSSR count). The molecule has 0 saturated carbocycles. The summed E-state index contributed by atoms with van der Waals surface area (Å²) >= 11 is 7.81. The summed E-state index contributed by atoms with van der Waals surface area (Å²) in [5.41, 5.74) is 9.87. The number of imide groups is 1. The van der Waals surface area contributed by atoms with Crippen LogP contribution in [-0.2, 0) is 30.5 Å². The molecule has 4 heterocycles. The Morgan fingerprint density at radius 3 is 2.43 bits per heavy atom. The minimum Gasteiger partial charge on any atom is -0.326 e. The Morgan fingerprint density at radius 1 is 1.00 bits per heavy atom. The van der Waals surface area contributed by atoms with Crippen LogP contribution in [0.15, 0.2) is 47.5 Å². The van der Waals surface area contributed by atoms with Gasteiger partial charge in [-0.3, -0.25) is 59.4 Å². The number of nitrogens with one attached hydrogen (secondary N) is 4. The van der Waals surface area contributed by atoms with Crippen LogP contribution in [0.25, 0.3) is 5.00 Å². The molecule has 2 aliphatic rings. The van der Waals surface area contributed by atoms with Gasteiger partial charge in [0.2, 0.25) is 29.5 Å². The summed E-state index contributed by atoms with van der Waals surface area (Å²) in [5, 5.41) is 15.4. The third-order valence-electron chi connectivity index (χ3n) is 9.90. The number of aromatic nitrogens is 3. The van der Waals surface area contributed by atoms with Crippen molar-refractivity contribution < 1.29 is 28.8 Å². The number of fused-ring (bicyclic) bond motifs is 3. The molecule has 0 spiro atoms. The lowest BCUT2D eigenvalue weighted by atomic mass is 9.99. The topological polar surface area (TPSA) is 197 Å². The Morgan fingerprint density at radius 2 is 1.71 bits per heavy atom. The predicted molar refractivity (Wildman–Crippen MR) is 211 cm³/mol. The minimum atomic E-state index is -0.706. The standard InChI is InChI=1S/C39H42ClN9O6S/c1-21-22(2)56-39-35(21)36(24-12-14-26(40)15-13-24)42-29(37-47-44-23(3)49(37)39)18-34(54)46-45-33(53)11-6-5-10-31(51)41-28-9-7-8-25(20-50)27(28)19-48(4)30-16-17-32(52)43-38(30)55/h7-9,12-15,20,29-30H,5-6,10-11,16-19H2,1-4H3,(H,41,51)(H,45,53)(H,46,54)(H,43,52,55)/t29-,30?/m0/s1. The third-order valence-corrected chi connectivity index (χ3v) is 11.3. The van der Waals surface area contributed by atoms with E-state index in [1.807, 2.05) is 30.5 Å². The highest BCUT2D eigenvalue weighted by molar-refractivity contribution is 7.15. The first-order valence-corrected chi connectivity index (χ1v) is 19.4. The van der Waals surface area contributed by atoms with Crippen LogP contribution in [-0.4, -0.2) is 74.3 Å². The number of carbonyl (C=O) groups excluding carboxylic acids is 6. The van der Waals surface area contributed by atoms with Crippen molar-refractivity contribution in [2.75, 3.05) is 12.4 Å². The molecular weight excluding hydrogens is 758 g/mol. The number of aryl methyl sites for hydroxylation is 2. The zero-order valence-electron chi connectivity index (χ0n) is 31.4. The first-order chi connectivity index (χ1) is 26.8. The number of hydrazine groups is 1. The molecule has 56 heavy (non-hydrogen) atoms. The maximum Gasteiger partial charge on any atom is 0.243 e. The van der Waals surface area contributed by atoms with Crippen molar-refractivity contribution >= 4 is 70.2 Å². The molecule has 5 amide bonds. The Bertz CT molecular complexity index is 2230. The van der Waals surface area contributed by atoms with Gasteiger partial charge in [-0.25, -0.2) is 0 Å². The zero-order valence-corrected chi connectivity index (χ0v) is 33.0. The number of amides is 5. The number of carbonyl (C=O) groups is 6. The van der Waals surface area contributed by atoms with Crippen molar-refractivity contribution in [3.8, 4) is 5.00 Å². The predicted octanol–water partition coefficient (Wildman–Crippen LogP) is 4.59. The van der Waals surface area contributed by atoms with Crippen molar-refractivity contribution in [3.05, 3.63) is 91.8 Å². The van der Waals surface area contributed by atoms with E-state index in [4.69, 9.17) is 16.6 Å². The van der Waals surface area contributed by atoms with Gasteiger partial charge in [0.15, 0.2) is 5.82 Å². The molecule has 1 fully saturated rings. The first-order valence-electron chi connectivity index (χ1n) is 18.2. The van der Waals surface area contributed by atoms with Gasteiger partial charge in [0.05, 0.1) is 18.2 Å². The summed E-state index contributed by atoms with van der Waals surface area (Å²) in [6, 6.07) is 11.1. The number of piperidine rings is 1. The quantitative estimate of drug-likeness (QED) is 0.0648. The van der Waals surface area contributed by atoms with E-state index in [0.717, 1.165) is 26.6 Å². The summed E-state index contributed by atoms with van der Waals surface area (Å²) in [5.74, 6) is -0.745. The maximum atomic E-state index is 13.2. The average molecular weight is 800 g/mol. The molecule has 1 unspecified atom stereocenters. The molecule has 1 saturated heterocycles. The van der Waals surface area contributed by atoms with Crippen molar-refractivity contribution in [1.29, 1.82) is 0 Å². The van der Waals surface area contributed by atoms with Crippen LogP contribution in [0.4, 0.5) is 5.69 Å². The van der Waals surface area contributed by atoms with Crippen molar-refractivity contribution in [2.45, 2.75) is 84.3 Å². The van der Waals surface area contributed by atoms with E-state index >= 15 is 0 Å². The van der Waals surface area contributed by atoms with E-state index in [1.54, 1.807) is 53.6 Å². The van der Waals surface area contributed by atoms with E-state index < -0.39 is 29.8 Å². The van der Waals surface area contributed by atoms with Crippen molar-refractivity contribution in [2.24, 2.45) is 4.99 Å². The number of nitrogens with zero attached hydrogens (tertiary/aromatic N) is 5. The number of anilines is 1. The third kappa shape index (κ3) is 8.93. The Kier molecular flexibility index (Phi) is 12.5. The van der Waals surface area contributed by atoms with Gasteiger partial charge in [-0.2, -0.15) is 0 Å². The monoisotopic (exact) mass is 799 g/mol. The van der Waals surface area contributed by atoms with Gasteiger partial charge in [-0.05, 0) is 70.8 Å². The largest absolute Gasteiger partial charge is 0.326 e. The SMILES string of the molecule is Cc1sc2c(c1C)C(c1ccc(Cl)cc1)=N[C@@H](CC(=O)NNC(=O)CCCCC(=O)Nc1cccc(C=O)c1CN(C)C1CCC(=O)NC1=O)c1nnc(C)n1-2. The van der Waals surface area contributed by atoms with Crippen LogP contribution in [0.5, 0.6) is 0 Å². The second-order valence-corrected chi connectivity index (χ2v) is 15.5. The van der Waals surface area contributed by atoms with Crippen molar-refractivity contribution in [1.82, 2.24) is 35.8 Å². The summed E-state index contributed by atoms with van der Waals surface area (Å²) < 4.78 is 1.94. The number of aldehydes is 1. The molecule has 17 heteroatoms. The lowest BCUT2D eigenvalue weighted by molar-refractivity contribution is -0.137. The number of hydrogen-bond acceptors (Lipinski definition) is 11. The van der Waals surface area contributed by atoms with Crippen molar-refractivity contribution in [3.63, 3.8) is 0 Å². The summed E-state index contributed by atoms with van der Waals surface area (Å²) in [6.07, 6.45) is 2.07. The van der Waals surface area contributed by atoms with E-state index in [-0.39, 0.29) is 44.0 Å². The fourth-order valence-corrected chi connectivity index (χ4v) is 8.16. The van der Waals surface area contributed by atoms with Gasteiger partial charge in [0.1, 0.15) is 23.2 Å². The highest BCUT2D eigenvalue weighted by atomic mass is 35.5. The van der Waals surface area contributed by atoms with E-state index in [2.05, 4.69) is 38.6 Å². The summed E-state index contributed by atoms with van der Waals surface area (Å²) in [4.78, 5) is 82.6. The molecule has 292 valence electrons. The van der Waals surface area contributed by atoms with Gasteiger partial charge in [0.25, 0.3) is 0 Å². The summed E-state index contributed by atoms with van der Waals surface area (Å²) in [7, 11) is 1.72. The smallest absolute Gasteiger partial charge is 0.243 e. The molecular formula is C39H42ClN9O6S. The number of halogens is 1. The maximum absolute atomic E-state index is 13.2. The number of thiophene rings is 1. The molecule has 15 nitrogen and oxygen atoms in total. The van der Waals surface area contributed by atoms with E-state index in [0.29, 0.717) is 64.7 Å². The highest BCUT2D eigenvalue weighted by Crippen LogP contribution is 2.39. The molecule has 0 aliphatic carbocycles. The number of rotatable bonds is 13. The molecule has 0 radical (unpaired) electrons. The van der Waals surface area contributed by atoms with Gasteiger partial charge >= 0.3 is 0 Å². The fraction of sp³-hybridized carbons (Fsp3) is 0.359. The van der Waals surface area contributed by atoms with Crippen LogP contribution in [0, 0.1) is 20.8 Å². The summed E-state index contributed by atoms with van der Waals surface area (Å²) in [6.45, 7) is 6.14. The normalized spacial score (nSPS) is 16.3. The van der Waals surface area contributed by atoms with Crippen LogP contribution in [0.2, 0.25) is 5.02 Å². The minimum absolute atomic E-state index is 0.0603. The average Bonchev–Trinajstić information content (AvgIpc) is 3.64. The first kappa shape index (κ1) is 40.1. The Labute approximate surface area is 332 Å². The lowest BCUT2D eigenvalue weighted by Gasteiger charge is -2.30. The Balaban J connectivity index is 1.02. The van der Waals surface area contributed by atoms with Gasteiger partial charge in [-0.15, -0.1) is 21.5 Å². The molecule has 4 N–H and O–H groups in total. The second-order valence-electron chi connectivity index (χ2n) is 13.8. The van der Waals surface area contributed by atoms with E-state index in [1.165, 1.54) is 0 Å². The second kappa shape index (κ2) is 17.5. The van der Waals surface area contributed by atoms with Crippen LogP contribution in [0.3, 0.4) is 0 Å².